The molecule has 2 N–H and O–H groups in total. The maximum atomic E-state index is 12.2. The van der Waals surface area contributed by atoms with Gasteiger partial charge in [0.1, 0.15) is 11.3 Å². The average Bonchev–Trinajstić information content (AvgIpc) is 3.22. The van der Waals surface area contributed by atoms with Crippen LogP contribution in [0.4, 0.5) is 0 Å². The zero-order valence-electron chi connectivity index (χ0n) is 14.5. The molecule has 27 heavy (non-hydrogen) atoms. The Morgan fingerprint density at radius 1 is 1.15 bits per heavy atom. The van der Waals surface area contributed by atoms with E-state index in [1.807, 2.05) is 0 Å². The number of phenolic OH excluding ortho intramolecular Hbond substituents is 1. The summed E-state index contributed by atoms with van der Waals surface area (Å²) in [5.74, 6) is -1.89. The predicted octanol–water partition coefficient (Wildman–Crippen LogP) is 2.09. The molecule has 1 aliphatic rings. The SMILES string of the molecule is O=C(COC(=O)c1cc(Cl)c2ccccc2c1O)NCC(=O)N1CCCC1. The Balaban J connectivity index is 1.57. The Bertz CT molecular complexity index is 893. The highest BCUT2D eigenvalue weighted by atomic mass is 35.5. The van der Waals surface area contributed by atoms with Crippen molar-refractivity contribution in [2.45, 2.75) is 12.8 Å². The van der Waals surface area contributed by atoms with Gasteiger partial charge in [0.05, 0.1) is 6.54 Å². The average molecular weight is 391 g/mol. The first-order valence-electron chi connectivity index (χ1n) is 8.59. The Morgan fingerprint density at radius 2 is 1.81 bits per heavy atom. The zero-order valence-corrected chi connectivity index (χ0v) is 15.3. The smallest absolute Gasteiger partial charge is 0.342 e. The third-order valence-corrected chi connectivity index (χ3v) is 4.73. The van der Waals surface area contributed by atoms with Gasteiger partial charge in [-0.3, -0.25) is 9.59 Å². The lowest BCUT2D eigenvalue weighted by Crippen LogP contribution is -2.40. The van der Waals surface area contributed by atoms with Crippen LogP contribution in [0.1, 0.15) is 23.2 Å². The van der Waals surface area contributed by atoms with Gasteiger partial charge in [0.15, 0.2) is 6.61 Å². The molecule has 1 heterocycles. The molecule has 0 aromatic heterocycles. The number of rotatable bonds is 5. The predicted molar refractivity (Wildman–Crippen MR) is 99.7 cm³/mol. The largest absolute Gasteiger partial charge is 0.506 e. The first-order valence-corrected chi connectivity index (χ1v) is 8.97. The van der Waals surface area contributed by atoms with E-state index in [9.17, 15) is 19.5 Å². The van der Waals surface area contributed by atoms with Crippen molar-refractivity contribution in [2.24, 2.45) is 0 Å². The molecule has 142 valence electrons. The first-order chi connectivity index (χ1) is 13.0. The number of carbonyl (C=O) groups is 3. The fourth-order valence-electron chi connectivity index (χ4n) is 2.98. The topological polar surface area (TPSA) is 95.9 Å². The van der Waals surface area contributed by atoms with E-state index in [0.717, 1.165) is 12.8 Å². The van der Waals surface area contributed by atoms with Crippen LogP contribution in [-0.4, -0.2) is 54.0 Å². The summed E-state index contributed by atoms with van der Waals surface area (Å²) < 4.78 is 4.94. The number of nitrogens with zero attached hydrogens (tertiary/aromatic N) is 1. The van der Waals surface area contributed by atoms with E-state index in [2.05, 4.69) is 5.32 Å². The Labute approximate surface area is 160 Å². The number of nitrogens with one attached hydrogen (secondary N) is 1. The van der Waals surface area contributed by atoms with E-state index < -0.39 is 18.5 Å². The third-order valence-electron chi connectivity index (χ3n) is 4.42. The van der Waals surface area contributed by atoms with Gasteiger partial charge in [-0.1, -0.05) is 35.9 Å². The second-order valence-corrected chi connectivity index (χ2v) is 6.65. The number of likely N-dealkylation sites (tertiary alicyclic amines) is 1. The van der Waals surface area contributed by atoms with Crippen molar-refractivity contribution in [3.8, 4) is 5.75 Å². The number of halogens is 1. The maximum Gasteiger partial charge on any atom is 0.342 e. The van der Waals surface area contributed by atoms with Crippen LogP contribution in [0.3, 0.4) is 0 Å². The number of esters is 1. The monoisotopic (exact) mass is 390 g/mol. The fourth-order valence-corrected chi connectivity index (χ4v) is 3.26. The molecule has 0 saturated carbocycles. The van der Waals surface area contributed by atoms with Gasteiger partial charge in [-0.2, -0.15) is 0 Å². The highest BCUT2D eigenvalue weighted by molar-refractivity contribution is 6.36. The summed E-state index contributed by atoms with van der Waals surface area (Å²) in [6, 6.07) is 8.12. The van der Waals surface area contributed by atoms with Gasteiger partial charge in [0.2, 0.25) is 5.91 Å². The molecule has 0 spiro atoms. The number of hydrogen-bond acceptors (Lipinski definition) is 5. The van der Waals surface area contributed by atoms with Crippen molar-refractivity contribution in [3.05, 3.63) is 40.9 Å². The van der Waals surface area contributed by atoms with E-state index in [1.54, 1.807) is 29.2 Å². The van der Waals surface area contributed by atoms with Crippen molar-refractivity contribution >= 4 is 40.2 Å². The van der Waals surface area contributed by atoms with Gasteiger partial charge in [-0.05, 0) is 18.9 Å². The molecular formula is C19H19ClN2O5. The van der Waals surface area contributed by atoms with Gasteiger partial charge in [0, 0.05) is 28.9 Å². The zero-order chi connectivity index (χ0) is 19.4. The lowest BCUT2D eigenvalue weighted by Gasteiger charge is -2.15. The van der Waals surface area contributed by atoms with E-state index in [0.29, 0.717) is 23.9 Å². The second-order valence-electron chi connectivity index (χ2n) is 6.24. The van der Waals surface area contributed by atoms with Crippen molar-refractivity contribution in [1.82, 2.24) is 10.2 Å². The number of aromatic hydroxyl groups is 1. The second kappa shape index (κ2) is 8.26. The molecule has 7 nitrogen and oxygen atoms in total. The minimum atomic E-state index is -0.874. The Kier molecular flexibility index (Phi) is 5.81. The molecular weight excluding hydrogens is 372 g/mol. The van der Waals surface area contributed by atoms with Crippen LogP contribution in [0, 0.1) is 0 Å². The van der Waals surface area contributed by atoms with Gasteiger partial charge in [-0.25, -0.2) is 4.79 Å². The molecule has 0 radical (unpaired) electrons. The molecule has 0 bridgehead atoms. The summed E-state index contributed by atoms with van der Waals surface area (Å²) in [6.07, 6.45) is 1.93. The van der Waals surface area contributed by atoms with Crippen LogP contribution in [0.2, 0.25) is 5.02 Å². The normalized spacial score (nSPS) is 13.6. The van der Waals surface area contributed by atoms with Gasteiger partial charge >= 0.3 is 5.97 Å². The van der Waals surface area contributed by atoms with Crippen LogP contribution in [0.5, 0.6) is 5.75 Å². The van der Waals surface area contributed by atoms with Gasteiger partial charge in [-0.15, -0.1) is 0 Å². The minimum Gasteiger partial charge on any atom is -0.506 e. The molecule has 1 aliphatic heterocycles. The molecule has 0 aliphatic carbocycles. The number of ether oxygens (including phenoxy) is 1. The summed E-state index contributed by atoms with van der Waals surface area (Å²) in [5, 5.41) is 14.0. The van der Waals surface area contributed by atoms with Crippen molar-refractivity contribution < 1.29 is 24.2 Å². The van der Waals surface area contributed by atoms with Crippen molar-refractivity contribution in [2.75, 3.05) is 26.2 Å². The number of phenols is 1. The van der Waals surface area contributed by atoms with Crippen molar-refractivity contribution in [3.63, 3.8) is 0 Å². The summed E-state index contributed by atoms with van der Waals surface area (Å²) in [5.41, 5.74) is -0.125. The van der Waals surface area contributed by atoms with Crippen LogP contribution in [0.15, 0.2) is 30.3 Å². The molecule has 2 aromatic rings. The van der Waals surface area contributed by atoms with Crippen LogP contribution in [0.25, 0.3) is 10.8 Å². The van der Waals surface area contributed by atoms with Crippen LogP contribution >= 0.6 is 11.6 Å². The number of fused-ring (bicyclic) bond motifs is 1. The molecule has 8 heteroatoms. The van der Waals surface area contributed by atoms with E-state index in [1.165, 1.54) is 6.07 Å². The van der Waals surface area contributed by atoms with Crippen LogP contribution < -0.4 is 5.32 Å². The maximum absolute atomic E-state index is 12.2. The Morgan fingerprint density at radius 3 is 2.52 bits per heavy atom. The number of hydrogen-bond donors (Lipinski definition) is 2. The lowest BCUT2D eigenvalue weighted by molar-refractivity contribution is -0.132. The molecule has 0 unspecified atom stereocenters. The highest BCUT2D eigenvalue weighted by Gasteiger charge is 2.20. The molecule has 2 aromatic carbocycles. The number of amides is 2. The number of carbonyl (C=O) groups excluding carboxylic acids is 3. The summed E-state index contributed by atoms with van der Waals surface area (Å²) in [4.78, 5) is 37.6. The minimum absolute atomic E-state index is 0.125. The number of benzene rings is 2. The third kappa shape index (κ3) is 4.31. The van der Waals surface area contributed by atoms with E-state index >= 15 is 0 Å². The highest BCUT2D eigenvalue weighted by Crippen LogP contribution is 2.34. The summed E-state index contributed by atoms with van der Waals surface area (Å²) >= 11 is 6.15. The lowest BCUT2D eigenvalue weighted by atomic mass is 10.1. The van der Waals surface area contributed by atoms with E-state index in [4.69, 9.17) is 16.3 Å². The molecule has 2 amide bonds. The standard InChI is InChI=1S/C19H19ClN2O5/c20-15-9-14(18(25)13-6-2-1-5-12(13)15)19(26)27-11-16(23)21-10-17(24)22-7-3-4-8-22/h1-2,5-6,9,25H,3-4,7-8,10-11H2,(H,21,23). The molecule has 0 atom stereocenters. The fraction of sp³-hybridized carbons (Fsp3) is 0.316. The van der Waals surface area contributed by atoms with E-state index in [-0.39, 0.29) is 28.8 Å². The van der Waals surface area contributed by atoms with Gasteiger partial charge in [0.25, 0.3) is 5.91 Å². The molecule has 1 saturated heterocycles. The quantitative estimate of drug-likeness (QED) is 0.762. The molecule has 3 rings (SSSR count). The molecule has 1 fully saturated rings. The van der Waals surface area contributed by atoms with Crippen LogP contribution in [-0.2, 0) is 14.3 Å². The first kappa shape index (κ1) is 19.0. The van der Waals surface area contributed by atoms with Crippen molar-refractivity contribution in [1.29, 1.82) is 0 Å². The summed E-state index contributed by atoms with van der Waals surface area (Å²) in [6.45, 7) is 0.705. The Hall–Kier alpha value is -2.80. The summed E-state index contributed by atoms with van der Waals surface area (Å²) in [7, 11) is 0. The van der Waals surface area contributed by atoms with Gasteiger partial charge < -0.3 is 20.1 Å².